The van der Waals surface area contributed by atoms with Crippen LogP contribution < -0.4 is 5.73 Å². The molecule has 30 heavy (non-hydrogen) atoms. The molecule has 9 heteroatoms. The quantitative estimate of drug-likeness (QED) is 0.598. The zero-order chi connectivity index (χ0) is 21.7. The molecule has 5 nitrogen and oxygen atoms in total. The van der Waals surface area contributed by atoms with Gasteiger partial charge < -0.3 is 10.5 Å². The predicted molar refractivity (Wildman–Crippen MR) is 100 cm³/mol. The summed E-state index contributed by atoms with van der Waals surface area (Å²) in [6.45, 7) is 2.07. The number of amidine groups is 1. The minimum absolute atomic E-state index is 0.0424. The van der Waals surface area contributed by atoms with E-state index in [9.17, 15) is 22.4 Å². The topological polar surface area (TPSA) is 77.6 Å². The molecule has 0 amide bonds. The number of carbonyl (C=O) groups is 1. The number of aromatic nitrogens is 1. The molecular weight excluding hydrogens is 402 g/mol. The highest BCUT2D eigenvalue weighted by Crippen LogP contribution is 2.62. The molecule has 1 aromatic carbocycles. The molecule has 1 aliphatic heterocycles. The summed E-state index contributed by atoms with van der Waals surface area (Å²) in [4.78, 5) is 20.6. The second-order valence-electron chi connectivity index (χ2n) is 7.90. The third kappa shape index (κ3) is 3.32. The number of nitrogens with two attached hydrogens (primary N) is 1. The van der Waals surface area contributed by atoms with E-state index in [0.29, 0.717) is 12.2 Å². The minimum Gasteiger partial charge on any atom is -0.465 e. The summed E-state index contributed by atoms with van der Waals surface area (Å²) in [5.41, 5.74) is 3.22. The van der Waals surface area contributed by atoms with Crippen LogP contribution in [0.4, 0.5) is 17.6 Å². The van der Waals surface area contributed by atoms with Crippen molar-refractivity contribution >= 4 is 11.8 Å². The number of pyridine rings is 1. The van der Waals surface area contributed by atoms with E-state index >= 15 is 0 Å². The molecule has 0 radical (unpaired) electrons. The number of ether oxygens (including phenoxy) is 1. The van der Waals surface area contributed by atoms with Gasteiger partial charge in [-0.15, -0.1) is 0 Å². The summed E-state index contributed by atoms with van der Waals surface area (Å²) >= 11 is 0. The summed E-state index contributed by atoms with van der Waals surface area (Å²) in [6.07, 6.45) is -2.35. The molecule has 0 unspecified atom stereocenters. The van der Waals surface area contributed by atoms with E-state index in [4.69, 9.17) is 10.5 Å². The predicted octanol–water partition coefficient (Wildman–Crippen LogP) is 4.01. The van der Waals surface area contributed by atoms with Crippen LogP contribution in [0.3, 0.4) is 0 Å². The fourth-order valence-corrected chi connectivity index (χ4v) is 4.03. The van der Waals surface area contributed by atoms with E-state index in [0.717, 1.165) is 31.2 Å². The first-order valence-electron chi connectivity index (χ1n) is 9.38. The Morgan fingerprint density at radius 2 is 2.00 bits per heavy atom. The van der Waals surface area contributed by atoms with Crippen LogP contribution in [0.25, 0.3) is 0 Å². The highest BCUT2D eigenvalue weighted by atomic mass is 19.4. The Balaban J connectivity index is 1.69. The highest BCUT2D eigenvalue weighted by Gasteiger charge is 2.61. The van der Waals surface area contributed by atoms with Crippen molar-refractivity contribution in [2.24, 2.45) is 16.1 Å². The van der Waals surface area contributed by atoms with Crippen LogP contribution in [0.1, 0.15) is 46.9 Å². The first kappa shape index (κ1) is 20.3. The van der Waals surface area contributed by atoms with Gasteiger partial charge in [0, 0.05) is 23.6 Å². The first-order valence-corrected chi connectivity index (χ1v) is 9.38. The van der Waals surface area contributed by atoms with E-state index in [2.05, 4.69) is 9.98 Å². The minimum atomic E-state index is -4.70. The number of halogens is 4. The monoisotopic (exact) mass is 421 g/mol. The van der Waals surface area contributed by atoms with Crippen LogP contribution >= 0.6 is 0 Å². The Hall–Kier alpha value is -2.97. The largest absolute Gasteiger partial charge is 0.465 e. The second-order valence-corrected chi connectivity index (χ2v) is 7.90. The van der Waals surface area contributed by atoms with Crippen molar-refractivity contribution in [3.05, 3.63) is 64.7 Å². The molecule has 2 aromatic rings. The van der Waals surface area contributed by atoms with Gasteiger partial charge in [-0.25, -0.2) is 9.38 Å². The van der Waals surface area contributed by atoms with Crippen molar-refractivity contribution in [1.82, 2.24) is 4.98 Å². The fourth-order valence-electron chi connectivity index (χ4n) is 4.03. The van der Waals surface area contributed by atoms with Crippen molar-refractivity contribution in [2.75, 3.05) is 6.61 Å². The maximum absolute atomic E-state index is 14.8. The van der Waals surface area contributed by atoms with E-state index in [1.165, 1.54) is 18.2 Å². The van der Waals surface area contributed by atoms with Crippen LogP contribution in [0.5, 0.6) is 0 Å². The number of rotatable bonds is 4. The lowest BCUT2D eigenvalue weighted by Gasteiger charge is -2.38. The van der Waals surface area contributed by atoms with Crippen LogP contribution in [0.15, 0.2) is 41.5 Å². The van der Waals surface area contributed by atoms with Gasteiger partial charge in [0.25, 0.3) is 6.02 Å². The SMILES string of the molecule is C[C@]1(c2cc(CC(=O)c3ncccc3C(F)(F)F)ccc2F)N=C(N)OCC12CC2. The molecule has 2 heterocycles. The second kappa shape index (κ2) is 6.78. The summed E-state index contributed by atoms with van der Waals surface area (Å²) in [5, 5.41) is 0. The molecule has 1 aromatic heterocycles. The maximum Gasteiger partial charge on any atom is 0.418 e. The van der Waals surface area contributed by atoms with Crippen LogP contribution in [0, 0.1) is 11.2 Å². The lowest BCUT2D eigenvalue weighted by Crippen LogP contribution is -2.43. The summed E-state index contributed by atoms with van der Waals surface area (Å²) in [7, 11) is 0. The van der Waals surface area contributed by atoms with Gasteiger partial charge in [0.05, 0.1) is 17.7 Å². The Labute approximate surface area is 170 Å². The van der Waals surface area contributed by atoms with Crippen LogP contribution in [-0.2, 0) is 22.9 Å². The molecule has 1 saturated carbocycles. The Morgan fingerprint density at radius 3 is 2.67 bits per heavy atom. The smallest absolute Gasteiger partial charge is 0.418 e. The van der Waals surface area contributed by atoms with Gasteiger partial charge >= 0.3 is 6.18 Å². The lowest BCUT2D eigenvalue weighted by atomic mass is 9.76. The number of hydrogen-bond donors (Lipinski definition) is 1. The molecular formula is C21H19F4N3O2. The molecule has 2 aliphatic rings. The number of alkyl halides is 3. The van der Waals surface area contributed by atoms with Gasteiger partial charge in [-0.1, -0.05) is 6.07 Å². The summed E-state index contributed by atoms with van der Waals surface area (Å²) in [6, 6.07) is 5.95. The van der Waals surface area contributed by atoms with Gasteiger partial charge in [-0.2, -0.15) is 13.2 Å². The third-order valence-electron chi connectivity index (χ3n) is 6.01. The molecule has 1 aliphatic carbocycles. The van der Waals surface area contributed by atoms with Gasteiger partial charge in [0.15, 0.2) is 5.78 Å². The Kier molecular flexibility index (Phi) is 4.59. The molecule has 4 rings (SSSR count). The standard InChI is InChI=1S/C21H19F4N3O2/c1-19(20(6-7-20)11-30-18(26)28-19)14-9-12(4-5-15(14)22)10-16(29)17-13(21(23,24)25)3-2-8-27-17/h2-5,8-9H,6-7,10-11H2,1H3,(H2,26,28)/t19-/m1/s1. The molecule has 1 atom stereocenters. The zero-order valence-electron chi connectivity index (χ0n) is 16.1. The summed E-state index contributed by atoms with van der Waals surface area (Å²) in [5.74, 6) is -1.32. The number of nitrogens with zero attached hydrogens (tertiary/aromatic N) is 2. The van der Waals surface area contributed by atoms with Crippen molar-refractivity contribution < 1.29 is 27.1 Å². The first-order chi connectivity index (χ1) is 14.1. The molecule has 158 valence electrons. The van der Waals surface area contributed by atoms with Crippen molar-refractivity contribution in [1.29, 1.82) is 0 Å². The van der Waals surface area contributed by atoms with Gasteiger partial charge in [-0.3, -0.25) is 9.78 Å². The van der Waals surface area contributed by atoms with Crippen molar-refractivity contribution in [3.8, 4) is 0 Å². The fraction of sp³-hybridized carbons (Fsp3) is 0.381. The molecule has 1 fully saturated rings. The number of ketones is 1. The summed E-state index contributed by atoms with van der Waals surface area (Å²) < 4.78 is 59.7. The van der Waals surface area contributed by atoms with Crippen molar-refractivity contribution in [2.45, 2.75) is 37.9 Å². The van der Waals surface area contributed by atoms with Gasteiger partial charge in [0.1, 0.15) is 11.5 Å². The third-order valence-corrected chi connectivity index (χ3v) is 6.01. The van der Waals surface area contributed by atoms with E-state index < -0.39 is 34.6 Å². The molecule has 1 spiro atoms. The molecule has 0 bridgehead atoms. The van der Waals surface area contributed by atoms with E-state index in [1.807, 2.05) is 0 Å². The lowest BCUT2D eigenvalue weighted by molar-refractivity contribution is -0.138. The number of Topliss-reactive ketones (excluding diaryl/α,β-unsaturated/α-hetero) is 1. The van der Waals surface area contributed by atoms with Gasteiger partial charge in [-0.05, 0) is 49.6 Å². The van der Waals surface area contributed by atoms with E-state index in [1.54, 1.807) is 6.92 Å². The molecule has 0 saturated heterocycles. The normalized spacial score (nSPS) is 22.4. The number of aliphatic imine (C=N–C) groups is 1. The maximum atomic E-state index is 14.8. The van der Waals surface area contributed by atoms with Crippen molar-refractivity contribution in [3.63, 3.8) is 0 Å². The number of carbonyl (C=O) groups excluding carboxylic acids is 1. The Morgan fingerprint density at radius 1 is 1.27 bits per heavy atom. The average molecular weight is 421 g/mol. The Bertz CT molecular complexity index is 1050. The van der Waals surface area contributed by atoms with Crippen LogP contribution in [0.2, 0.25) is 0 Å². The molecule has 2 N–H and O–H groups in total. The average Bonchev–Trinajstić information content (AvgIpc) is 3.47. The number of benzene rings is 1. The highest BCUT2D eigenvalue weighted by molar-refractivity contribution is 5.97. The van der Waals surface area contributed by atoms with Crippen LogP contribution in [-0.4, -0.2) is 23.4 Å². The van der Waals surface area contributed by atoms with Gasteiger partial charge in [0.2, 0.25) is 0 Å². The van der Waals surface area contributed by atoms with E-state index in [-0.39, 0.29) is 23.4 Å². The number of hydrogen-bond acceptors (Lipinski definition) is 5. The zero-order valence-corrected chi connectivity index (χ0v) is 16.1.